The van der Waals surface area contributed by atoms with Crippen LogP contribution in [0, 0.1) is 0 Å². The number of hydrogen-bond donors (Lipinski definition) is 9. The predicted octanol–water partition coefficient (Wildman–Crippen LogP) is -4.25. The molecule has 0 radical (unpaired) electrons. The number of unbranched alkanes of at least 4 members (excludes halogenated alkanes) is 2. The van der Waals surface area contributed by atoms with E-state index < -0.39 is 74.6 Å². The van der Waals surface area contributed by atoms with Crippen molar-refractivity contribution < 1.29 is 64.6 Å². The van der Waals surface area contributed by atoms with E-state index >= 15 is 0 Å². The van der Waals surface area contributed by atoms with Crippen LogP contribution in [0.1, 0.15) is 38.5 Å². The molecule has 2 heterocycles. The van der Waals surface area contributed by atoms with Crippen LogP contribution >= 0.6 is 0 Å². The molecule has 2 rings (SSSR count). The van der Waals surface area contributed by atoms with Gasteiger partial charge in [0, 0.05) is 19.5 Å². The number of aliphatic hydroxyl groups excluding tert-OH is 8. The first-order valence-corrected chi connectivity index (χ1v) is 13.5. The van der Waals surface area contributed by atoms with Gasteiger partial charge in [-0.1, -0.05) is 6.42 Å². The summed E-state index contributed by atoms with van der Waals surface area (Å²) in [4.78, 5) is 14.5. The molecule has 39 heavy (non-hydrogen) atoms. The van der Waals surface area contributed by atoms with E-state index in [0.29, 0.717) is 45.3 Å². The molecule has 15 heteroatoms. The van der Waals surface area contributed by atoms with Crippen LogP contribution in [0.3, 0.4) is 0 Å². The number of ether oxygens (including phenoxy) is 4. The largest absolute Gasteiger partial charge is 0.394 e. The highest BCUT2D eigenvalue weighted by molar-refractivity contribution is 5.76. The third-order valence-electron chi connectivity index (χ3n) is 6.85. The molecule has 0 aromatic heterocycles. The van der Waals surface area contributed by atoms with E-state index in [9.17, 15) is 45.6 Å². The number of carbonyl (C=O) groups is 1. The average molecular weight is 571 g/mol. The topological polar surface area (TPSA) is 245 Å². The highest BCUT2D eigenvalue weighted by Crippen LogP contribution is 2.23. The summed E-state index contributed by atoms with van der Waals surface area (Å²) in [6.45, 7) is 0.121. The molecule has 230 valence electrons. The van der Waals surface area contributed by atoms with Crippen molar-refractivity contribution in [3.8, 4) is 0 Å². The normalized spacial score (nSPS) is 35.2. The molecule has 0 spiro atoms. The first kappa shape index (κ1) is 34.2. The van der Waals surface area contributed by atoms with Crippen LogP contribution in [0.5, 0.6) is 0 Å². The van der Waals surface area contributed by atoms with Crippen molar-refractivity contribution in [1.82, 2.24) is 4.90 Å². The van der Waals surface area contributed by atoms with Crippen LogP contribution in [0.4, 0.5) is 0 Å². The van der Waals surface area contributed by atoms with Crippen molar-refractivity contribution in [2.75, 3.05) is 46.1 Å². The zero-order valence-corrected chi connectivity index (χ0v) is 22.1. The van der Waals surface area contributed by atoms with Gasteiger partial charge in [-0.15, -0.1) is 0 Å². The second-order valence-corrected chi connectivity index (χ2v) is 9.82. The fourth-order valence-corrected chi connectivity index (χ4v) is 4.44. The van der Waals surface area contributed by atoms with Gasteiger partial charge in [0.05, 0.1) is 26.4 Å². The van der Waals surface area contributed by atoms with Crippen LogP contribution in [0.25, 0.3) is 0 Å². The van der Waals surface area contributed by atoms with Crippen LogP contribution in [0.15, 0.2) is 0 Å². The summed E-state index contributed by atoms with van der Waals surface area (Å²) >= 11 is 0. The molecular formula is C24H46N2O13. The summed E-state index contributed by atoms with van der Waals surface area (Å²) in [5.41, 5.74) is 5.51. The van der Waals surface area contributed by atoms with Crippen molar-refractivity contribution in [3.63, 3.8) is 0 Å². The molecule has 2 fully saturated rings. The zero-order valence-electron chi connectivity index (χ0n) is 22.1. The van der Waals surface area contributed by atoms with E-state index in [4.69, 9.17) is 24.7 Å². The van der Waals surface area contributed by atoms with Gasteiger partial charge in [0.15, 0.2) is 12.6 Å². The Balaban J connectivity index is 1.83. The summed E-state index contributed by atoms with van der Waals surface area (Å²) in [5, 5.41) is 78.3. The molecule has 0 unspecified atom stereocenters. The molecule has 0 aromatic rings. The molecule has 0 aliphatic carbocycles. The van der Waals surface area contributed by atoms with E-state index in [1.54, 1.807) is 4.90 Å². The highest BCUT2D eigenvalue weighted by atomic mass is 16.7. The van der Waals surface area contributed by atoms with Gasteiger partial charge in [0.25, 0.3) is 0 Å². The maximum Gasteiger partial charge on any atom is 0.222 e. The van der Waals surface area contributed by atoms with E-state index in [0.717, 1.165) is 12.8 Å². The first-order valence-electron chi connectivity index (χ1n) is 13.5. The second kappa shape index (κ2) is 17.7. The van der Waals surface area contributed by atoms with Crippen molar-refractivity contribution in [1.29, 1.82) is 0 Å². The van der Waals surface area contributed by atoms with Crippen LogP contribution in [0.2, 0.25) is 0 Å². The molecule has 10 atom stereocenters. The Bertz CT molecular complexity index is 644. The predicted molar refractivity (Wildman–Crippen MR) is 133 cm³/mol. The highest BCUT2D eigenvalue weighted by Gasteiger charge is 2.45. The van der Waals surface area contributed by atoms with E-state index in [1.807, 2.05) is 0 Å². The Labute approximate surface area is 227 Å². The maximum absolute atomic E-state index is 12.8. The monoisotopic (exact) mass is 570 g/mol. The molecule has 0 bridgehead atoms. The number of hydrogen-bond acceptors (Lipinski definition) is 14. The number of aliphatic hydroxyl groups is 8. The minimum atomic E-state index is -1.55. The van der Waals surface area contributed by atoms with E-state index in [1.165, 1.54) is 0 Å². The summed E-state index contributed by atoms with van der Waals surface area (Å²) in [6, 6.07) is 0. The lowest BCUT2D eigenvalue weighted by Gasteiger charge is -2.39. The van der Waals surface area contributed by atoms with Gasteiger partial charge in [-0.25, -0.2) is 0 Å². The molecule has 0 saturated carbocycles. The summed E-state index contributed by atoms with van der Waals surface area (Å²) < 4.78 is 21.6. The fraction of sp³-hybridized carbons (Fsp3) is 0.958. The van der Waals surface area contributed by atoms with Gasteiger partial charge >= 0.3 is 0 Å². The lowest BCUT2D eigenvalue weighted by Crippen LogP contribution is -2.59. The SMILES string of the molecule is NCCCCCC(=O)N(CCCO[C@H]1O[C@H](CO)[C@@H](O)[C@H](O)[C@@H]1O)CCCO[C@H]1O[C@H](CO)[C@@H](O)[C@H](O)[C@@H]1O. The number of amides is 1. The molecule has 1 amide bonds. The van der Waals surface area contributed by atoms with Gasteiger partial charge in [-0.05, 0) is 32.2 Å². The summed E-state index contributed by atoms with van der Waals surface area (Å²) in [6.07, 6.45) is -10.4. The third-order valence-corrected chi connectivity index (χ3v) is 6.85. The average Bonchev–Trinajstić information content (AvgIpc) is 2.93. The third kappa shape index (κ3) is 10.1. The van der Waals surface area contributed by atoms with Crippen molar-refractivity contribution in [2.24, 2.45) is 5.73 Å². The van der Waals surface area contributed by atoms with Crippen molar-refractivity contribution in [2.45, 2.75) is 99.9 Å². The summed E-state index contributed by atoms with van der Waals surface area (Å²) in [7, 11) is 0. The number of carbonyl (C=O) groups excluding carboxylic acids is 1. The van der Waals surface area contributed by atoms with Gasteiger partial charge in [-0.3, -0.25) is 4.79 Å². The van der Waals surface area contributed by atoms with E-state index in [-0.39, 0.29) is 19.1 Å². The zero-order chi connectivity index (χ0) is 28.9. The molecule has 0 aromatic carbocycles. The molecular weight excluding hydrogens is 524 g/mol. The van der Waals surface area contributed by atoms with E-state index in [2.05, 4.69) is 0 Å². The summed E-state index contributed by atoms with van der Waals surface area (Å²) in [5.74, 6) is -0.0901. The minimum Gasteiger partial charge on any atom is -0.394 e. The lowest BCUT2D eigenvalue weighted by atomic mass is 9.99. The second-order valence-electron chi connectivity index (χ2n) is 9.82. The fourth-order valence-electron chi connectivity index (χ4n) is 4.44. The van der Waals surface area contributed by atoms with Crippen LogP contribution in [-0.2, 0) is 23.7 Å². The Morgan fingerprint density at radius 3 is 1.54 bits per heavy atom. The first-order chi connectivity index (χ1) is 18.7. The minimum absolute atomic E-state index is 0.0566. The molecule has 2 aliphatic heterocycles. The number of nitrogens with zero attached hydrogens (tertiary/aromatic N) is 1. The Morgan fingerprint density at radius 2 is 1.13 bits per heavy atom. The quantitative estimate of drug-likeness (QED) is 0.0752. The van der Waals surface area contributed by atoms with Gasteiger partial charge in [0.2, 0.25) is 5.91 Å². The molecule has 2 saturated heterocycles. The molecule has 2 aliphatic rings. The number of nitrogens with two attached hydrogens (primary N) is 1. The van der Waals surface area contributed by atoms with Gasteiger partial charge < -0.3 is 70.4 Å². The smallest absolute Gasteiger partial charge is 0.222 e. The van der Waals surface area contributed by atoms with Crippen molar-refractivity contribution >= 4 is 5.91 Å². The maximum atomic E-state index is 12.8. The van der Waals surface area contributed by atoms with Gasteiger partial charge in [0.1, 0.15) is 48.8 Å². The lowest BCUT2D eigenvalue weighted by molar-refractivity contribution is -0.301. The van der Waals surface area contributed by atoms with Gasteiger partial charge in [-0.2, -0.15) is 0 Å². The molecule has 15 nitrogen and oxygen atoms in total. The molecule has 10 N–H and O–H groups in total. The Kier molecular flexibility index (Phi) is 15.5. The standard InChI is InChI=1S/C24H46N2O13/c25-7-3-1-2-6-16(29)26(8-4-10-36-23-21(34)19(32)17(30)14(12-27)38-23)9-5-11-37-24-22(35)20(33)18(31)15(13-28)39-24/h14-15,17-24,27-28,30-35H,1-13,25H2/t14-,15-,17-,18-,19+,20+,21+,22+,23+,24+/m1/s1. The Hall–Kier alpha value is -1.05. The van der Waals surface area contributed by atoms with Crippen molar-refractivity contribution in [3.05, 3.63) is 0 Å². The number of rotatable bonds is 17. The van der Waals surface area contributed by atoms with Crippen LogP contribution in [-0.4, -0.2) is 159 Å². The Morgan fingerprint density at radius 1 is 0.667 bits per heavy atom. The van der Waals surface area contributed by atoms with Crippen LogP contribution < -0.4 is 5.73 Å².